The molecule has 3 rings (SSSR count). The fourth-order valence-electron chi connectivity index (χ4n) is 2.91. The van der Waals surface area contributed by atoms with Crippen LogP contribution in [0.5, 0.6) is 0 Å². The summed E-state index contributed by atoms with van der Waals surface area (Å²) in [5.74, 6) is 0.495. The molecule has 1 heteroatoms. The first-order chi connectivity index (χ1) is 8.75. The first-order valence-corrected chi connectivity index (χ1v) is 6.61. The van der Waals surface area contributed by atoms with Crippen LogP contribution in [-0.2, 0) is 6.54 Å². The zero-order valence-corrected chi connectivity index (χ0v) is 11.0. The third-order valence-corrected chi connectivity index (χ3v) is 3.90. The standard InChI is InChI=1S/C17H19N/c1-12-7-8-13(2)16(9-12)17-11-18-10-14-5-3-4-6-15(14)17/h3-9,17-18H,10-11H2,1-2H3. The summed E-state index contributed by atoms with van der Waals surface area (Å²) < 4.78 is 0. The van der Waals surface area contributed by atoms with Crippen molar-refractivity contribution >= 4 is 0 Å². The van der Waals surface area contributed by atoms with E-state index in [1.807, 2.05) is 0 Å². The van der Waals surface area contributed by atoms with E-state index >= 15 is 0 Å². The summed E-state index contributed by atoms with van der Waals surface area (Å²) >= 11 is 0. The van der Waals surface area contributed by atoms with E-state index in [1.165, 1.54) is 27.8 Å². The van der Waals surface area contributed by atoms with Crippen LogP contribution in [-0.4, -0.2) is 6.54 Å². The lowest BCUT2D eigenvalue weighted by Gasteiger charge is -2.28. The Morgan fingerprint density at radius 1 is 1.00 bits per heavy atom. The highest BCUT2D eigenvalue weighted by Gasteiger charge is 2.22. The van der Waals surface area contributed by atoms with Crippen LogP contribution >= 0.6 is 0 Å². The average molecular weight is 237 g/mol. The van der Waals surface area contributed by atoms with Gasteiger partial charge < -0.3 is 5.32 Å². The van der Waals surface area contributed by atoms with Gasteiger partial charge in [-0.1, -0.05) is 48.0 Å². The minimum atomic E-state index is 0.495. The molecule has 0 aromatic heterocycles. The smallest absolute Gasteiger partial charge is 0.0220 e. The van der Waals surface area contributed by atoms with Crippen molar-refractivity contribution in [3.05, 3.63) is 70.3 Å². The Hall–Kier alpha value is -1.60. The molecule has 2 aromatic rings. The predicted octanol–water partition coefficient (Wildman–Crippen LogP) is 3.54. The van der Waals surface area contributed by atoms with Crippen molar-refractivity contribution in [2.75, 3.05) is 6.54 Å². The van der Waals surface area contributed by atoms with Gasteiger partial charge in [-0.3, -0.25) is 0 Å². The van der Waals surface area contributed by atoms with E-state index < -0.39 is 0 Å². The molecule has 1 unspecified atom stereocenters. The number of nitrogens with one attached hydrogen (secondary N) is 1. The minimum Gasteiger partial charge on any atom is -0.312 e. The van der Waals surface area contributed by atoms with E-state index in [-0.39, 0.29) is 0 Å². The van der Waals surface area contributed by atoms with Gasteiger partial charge in [0, 0.05) is 19.0 Å². The van der Waals surface area contributed by atoms with E-state index in [0.717, 1.165) is 13.1 Å². The largest absolute Gasteiger partial charge is 0.312 e. The monoisotopic (exact) mass is 237 g/mol. The van der Waals surface area contributed by atoms with E-state index in [2.05, 4.69) is 61.6 Å². The first kappa shape index (κ1) is 11.5. The van der Waals surface area contributed by atoms with Crippen LogP contribution in [0.2, 0.25) is 0 Å². The zero-order chi connectivity index (χ0) is 12.5. The molecule has 1 atom stereocenters. The molecule has 0 bridgehead atoms. The first-order valence-electron chi connectivity index (χ1n) is 6.61. The third kappa shape index (κ3) is 1.95. The van der Waals surface area contributed by atoms with Crippen molar-refractivity contribution in [3.8, 4) is 0 Å². The summed E-state index contributed by atoms with van der Waals surface area (Å²) in [6.07, 6.45) is 0. The van der Waals surface area contributed by atoms with Crippen LogP contribution in [0.1, 0.15) is 33.7 Å². The van der Waals surface area contributed by atoms with Crippen molar-refractivity contribution in [2.24, 2.45) is 0 Å². The fraction of sp³-hybridized carbons (Fsp3) is 0.294. The van der Waals surface area contributed by atoms with Crippen molar-refractivity contribution in [1.82, 2.24) is 5.32 Å². The van der Waals surface area contributed by atoms with Gasteiger partial charge >= 0.3 is 0 Å². The second-order valence-electron chi connectivity index (χ2n) is 5.24. The highest BCUT2D eigenvalue weighted by atomic mass is 14.9. The maximum Gasteiger partial charge on any atom is 0.0220 e. The average Bonchev–Trinajstić information content (AvgIpc) is 2.41. The van der Waals surface area contributed by atoms with E-state index in [4.69, 9.17) is 0 Å². The predicted molar refractivity (Wildman–Crippen MR) is 75.9 cm³/mol. The number of fused-ring (bicyclic) bond motifs is 1. The normalized spacial score (nSPS) is 18.4. The molecule has 92 valence electrons. The zero-order valence-electron chi connectivity index (χ0n) is 11.0. The lowest BCUT2D eigenvalue weighted by molar-refractivity contribution is 0.589. The molecule has 0 aliphatic carbocycles. The summed E-state index contributed by atoms with van der Waals surface area (Å²) in [5.41, 5.74) is 7.14. The van der Waals surface area contributed by atoms with Crippen molar-refractivity contribution < 1.29 is 0 Å². The van der Waals surface area contributed by atoms with Gasteiger partial charge in [0.1, 0.15) is 0 Å². The summed E-state index contributed by atoms with van der Waals surface area (Å²) in [5, 5.41) is 3.54. The lowest BCUT2D eigenvalue weighted by Crippen LogP contribution is -2.29. The maximum absolute atomic E-state index is 3.54. The van der Waals surface area contributed by atoms with E-state index in [0.29, 0.717) is 5.92 Å². The van der Waals surface area contributed by atoms with Gasteiger partial charge in [-0.2, -0.15) is 0 Å². The highest BCUT2D eigenvalue weighted by molar-refractivity contribution is 5.44. The summed E-state index contributed by atoms with van der Waals surface area (Å²) in [7, 11) is 0. The Morgan fingerprint density at radius 3 is 2.72 bits per heavy atom. The van der Waals surface area contributed by atoms with Gasteiger partial charge in [-0.15, -0.1) is 0 Å². The van der Waals surface area contributed by atoms with E-state index in [9.17, 15) is 0 Å². The molecule has 1 aliphatic heterocycles. The van der Waals surface area contributed by atoms with Crippen molar-refractivity contribution in [1.29, 1.82) is 0 Å². The number of rotatable bonds is 1. The Morgan fingerprint density at radius 2 is 1.83 bits per heavy atom. The third-order valence-electron chi connectivity index (χ3n) is 3.90. The fourth-order valence-corrected chi connectivity index (χ4v) is 2.91. The van der Waals surface area contributed by atoms with Crippen LogP contribution in [0.15, 0.2) is 42.5 Å². The number of hydrogen-bond acceptors (Lipinski definition) is 1. The topological polar surface area (TPSA) is 12.0 Å². The molecular formula is C17H19N. The highest BCUT2D eigenvalue weighted by Crippen LogP contribution is 2.32. The SMILES string of the molecule is Cc1ccc(C)c(C2CNCc3ccccc32)c1. The van der Waals surface area contributed by atoms with Crippen molar-refractivity contribution in [2.45, 2.75) is 26.3 Å². The number of hydrogen-bond donors (Lipinski definition) is 1. The van der Waals surface area contributed by atoms with Crippen LogP contribution in [0.3, 0.4) is 0 Å². The molecule has 1 N–H and O–H groups in total. The van der Waals surface area contributed by atoms with Crippen LogP contribution < -0.4 is 5.32 Å². The number of aryl methyl sites for hydroxylation is 2. The molecule has 2 aromatic carbocycles. The van der Waals surface area contributed by atoms with Gasteiger partial charge in [0.25, 0.3) is 0 Å². The summed E-state index contributed by atoms with van der Waals surface area (Å²) in [6.45, 7) is 6.43. The molecule has 18 heavy (non-hydrogen) atoms. The summed E-state index contributed by atoms with van der Waals surface area (Å²) in [6, 6.07) is 15.6. The molecule has 0 saturated heterocycles. The van der Waals surface area contributed by atoms with Gasteiger partial charge in [0.15, 0.2) is 0 Å². The molecule has 1 nitrogen and oxygen atoms in total. The Bertz CT molecular complexity index is 572. The Kier molecular flexibility index (Phi) is 2.92. The Labute approximate surface area is 109 Å². The molecule has 0 amide bonds. The second kappa shape index (κ2) is 4.58. The van der Waals surface area contributed by atoms with Gasteiger partial charge in [-0.05, 0) is 36.1 Å². The molecule has 1 heterocycles. The van der Waals surface area contributed by atoms with Crippen LogP contribution in [0, 0.1) is 13.8 Å². The quantitative estimate of drug-likeness (QED) is 0.800. The Balaban J connectivity index is 2.11. The molecular weight excluding hydrogens is 218 g/mol. The van der Waals surface area contributed by atoms with E-state index in [1.54, 1.807) is 0 Å². The van der Waals surface area contributed by atoms with Gasteiger partial charge in [-0.25, -0.2) is 0 Å². The molecule has 0 fully saturated rings. The lowest BCUT2D eigenvalue weighted by atomic mass is 9.83. The molecule has 0 saturated carbocycles. The minimum absolute atomic E-state index is 0.495. The number of benzene rings is 2. The molecule has 1 aliphatic rings. The molecule has 0 spiro atoms. The maximum atomic E-state index is 3.54. The summed E-state index contributed by atoms with van der Waals surface area (Å²) in [4.78, 5) is 0. The second-order valence-corrected chi connectivity index (χ2v) is 5.24. The van der Waals surface area contributed by atoms with Gasteiger partial charge in [0.2, 0.25) is 0 Å². The molecule has 0 radical (unpaired) electrons. The van der Waals surface area contributed by atoms with Crippen molar-refractivity contribution in [3.63, 3.8) is 0 Å². The van der Waals surface area contributed by atoms with Crippen LogP contribution in [0.25, 0.3) is 0 Å². The van der Waals surface area contributed by atoms with Crippen LogP contribution in [0.4, 0.5) is 0 Å². The van der Waals surface area contributed by atoms with Gasteiger partial charge in [0.05, 0.1) is 0 Å².